The van der Waals surface area contributed by atoms with Crippen molar-refractivity contribution in [3.63, 3.8) is 0 Å². The largest absolute Gasteiger partial charge is 0.394 e. The molecule has 4 saturated heterocycles. The molecule has 1 spiro atoms. The molecule has 4 aliphatic heterocycles. The third-order valence-corrected chi connectivity index (χ3v) is 15.8. The van der Waals surface area contributed by atoms with E-state index in [4.69, 9.17) is 28.4 Å². The summed E-state index contributed by atoms with van der Waals surface area (Å²) < 4.78 is 37.3. The van der Waals surface area contributed by atoms with Gasteiger partial charge in [-0.2, -0.15) is 0 Å². The van der Waals surface area contributed by atoms with Crippen molar-refractivity contribution in [1.29, 1.82) is 0 Å². The molecule has 8 rings (SSSR count). The molecule has 4 heterocycles. The second-order valence-corrected chi connectivity index (χ2v) is 18.4. The second-order valence-electron chi connectivity index (χ2n) is 18.4. The summed E-state index contributed by atoms with van der Waals surface area (Å²) >= 11 is 0. The van der Waals surface area contributed by atoms with Gasteiger partial charge in [-0.15, -0.1) is 0 Å². The highest BCUT2D eigenvalue weighted by atomic mass is 16.8. The summed E-state index contributed by atoms with van der Waals surface area (Å²) in [6, 6.07) is 0. The van der Waals surface area contributed by atoms with Gasteiger partial charge in [-0.3, -0.25) is 0 Å². The van der Waals surface area contributed by atoms with Crippen molar-refractivity contribution < 1.29 is 64.2 Å². The average molecular weight is 739 g/mol. The lowest BCUT2D eigenvalue weighted by molar-refractivity contribution is -0.369. The molecular formula is C39H62O13. The topological polar surface area (TPSA) is 197 Å². The first-order valence-electron chi connectivity index (χ1n) is 19.9. The van der Waals surface area contributed by atoms with Crippen LogP contribution in [0.2, 0.25) is 0 Å². The molecule has 21 atom stereocenters. The molecule has 0 aromatic carbocycles. The normalized spacial score (nSPS) is 58.9. The van der Waals surface area contributed by atoms with Crippen LogP contribution in [-0.4, -0.2) is 134 Å². The highest BCUT2D eigenvalue weighted by Gasteiger charge is 2.76. The maximum atomic E-state index is 12.7. The van der Waals surface area contributed by atoms with E-state index in [-0.39, 0.29) is 29.0 Å². The summed E-state index contributed by atoms with van der Waals surface area (Å²) in [5.41, 5.74) is 0.0981. The standard InChI is InChI=1S/C39H62O13/c1-18-8-13-38(47-17-18)20(3)39(46)27(52-38)15-25-23-7-6-21-14-22(9-11-36(21,4)24(23)10-12-37(25,39)5)49-35-33(31(44)29(42)26(16-40)50-35)51-34-32(45)30(43)28(41)19(2)48-34/h6,18-20,22-35,40-46H,7-17H2,1-5H3/t18-,19+,20-,22+,23-,24+,25-,26-,27+,28+,29-,30-,31+,32-,33-,34+,35-,36+,37+,38-,39-/m1/s1. The minimum atomic E-state index is -1.62. The molecule has 296 valence electrons. The molecule has 0 bridgehead atoms. The minimum Gasteiger partial charge on any atom is -0.394 e. The number of ether oxygens (including phenoxy) is 6. The molecule has 7 fully saturated rings. The number of aliphatic hydroxyl groups excluding tert-OH is 6. The Balaban J connectivity index is 0.977. The number of hydrogen-bond donors (Lipinski definition) is 7. The van der Waals surface area contributed by atoms with Crippen LogP contribution >= 0.6 is 0 Å². The maximum absolute atomic E-state index is 12.7. The van der Waals surface area contributed by atoms with Crippen molar-refractivity contribution in [2.45, 2.75) is 177 Å². The van der Waals surface area contributed by atoms with Gasteiger partial charge in [0.1, 0.15) is 48.3 Å². The van der Waals surface area contributed by atoms with Crippen LogP contribution in [0.3, 0.4) is 0 Å². The molecule has 3 saturated carbocycles. The predicted molar refractivity (Wildman–Crippen MR) is 183 cm³/mol. The molecule has 0 amide bonds. The van der Waals surface area contributed by atoms with Gasteiger partial charge in [-0.25, -0.2) is 0 Å². The lowest BCUT2D eigenvalue weighted by Crippen LogP contribution is -2.64. The molecule has 0 radical (unpaired) electrons. The average Bonchev–Trinajstić information content (AvgIpc) is 3.48. The molecule has 8 aliphatic rings. The third-order valence-electron chi connectivity index (χ3n) is 15.8. The molecule has 4 aliphatic carbocycles. The van der Waals surface area contributed by atoms with E-state index in [1.165, 1.54) is 12.5 Å². The van der Waals surface area contributed by atoms with E-state index in [1.807, 2.05) is 0 Å². The molecule has 13 nitrogen and oxygen atoms in total. The Morgan fingerprint density at radius 2 is 1.60 bits per heavy atom. The van der Waals surface area contributed by atoms with Crippen LogP contribution < -0.4 is 0 Å². The van der Waals surface area contributed by atoms with E-state index < -0.39 is 79.4 Å². The van der Waals surface area contributed by atoms with E-state index in [0.29, 0.717) is 43.1 Å². The lowest BCUT2D eigenvalue weighted by atomic mass is 9.46. The fourth-order valence-corrected chi connectivity index (χ4v) is 12.5. The van der Waals surface area contributed by atoms with E-state index >= 15 is 0 Å². The van der Waals surface area contributed by atoms with Gasteiger partial charge in [-0.05, 0) is 87.4 Å². The van der Waals surface area contributed by atoms with Gasteiger partial charge in [0.05, 0.1) is 31.5 Å². The smallest absolute Gasteiger partial charge is 0.187 e. The number of aliphatic hydroxyl groups is 7. The van der Waals surface area contributed by atoms with Crippen LogP contribution in [-0.2, 0) is 28.4 Å². The van der Waals surface area contributed by atoms with Gasteiger partial charge in [0.15, 0.2) is 18.4 Å². The molecule has 52 heavy (non-hydrogen) atoms. The zero-order valence-corrected chi connectivity index (χ0v) is 31.3. The second kappa shape index (κ2) is 13.4. The van der Waals surface area contributed by atoms with Gasteiger partial charge >= 0.3 is 0 Å². The van der Waals surface area contributed by atoms with Crippen molar-refractivity contribution in [3.05, 3.63) is 11.6 Å². The van der Waals surface area contributed by atoms with E-state index in [9.17, 15) is 35.7 Å². The Morgan fingerprint density at radius 3 is 2.31 bits per heavy atom. The number of fused-ring (bicyclic) bond motifs is 7. The molecule has 0 unspecified atom stereocenters. The van der Waals surface area contributed by atoms with E-state index in [0.717, 1.165) is 44.9 Å². The van der Waals surface area contributed by atoms with Crippen molar-refractivity contribution in [2.24, 2.45) is 40.4 Å². The molecule has 0 aromatic rings. The summed E-state index contributed by atoms with van der Waals surface area (Å²) in [4.78, 5) is 0. The SMILES string of the molecule is C[C@@H]1CC[C@@]2(OC1)O[C@H]1C[C@@H]3[C@@H]4CC=C5C[C@@H](O[C@@H]6O[C@H](CO)[C@@H](O)[C@H](O)[C@H]6O[C@@H]6O[C@@H](C)[C@H](O)[C@@H](O)[C@H]6O)CC[C@]5(C)[C@H]4CC[C@]3(C)[C@@]1(O)[C@@H]2C. The number of hydrogen-bond acceptors (Lipinski definition) is 13. The Hall–Kier alpha value is -0.780. The summed E-state index contributed by atoms with van der Waals surface area (Å²) in [6.45, 7) is 10.7. The first-order valence-corrected chi connectivity index (χ1v) is 19.9. The summed E-state index contributed by atoms with van der Waals surface area (Å²) in [7, 11) is 0. The first kappa shape index (κ1) is 38.1. The summed E-state index contributed by atoms with van der Waals surface area (Å²) in [6.07, 6.45) is -3.83. The summed E-state index contributed by atoms with van der Waals surface area (Å²) in [5, 5.41) is 75.6. The highest BCUT2D eigenvalue weighted by molar-refractivity contribution is 5.29. The maximum Gasteiger partial charge on any atom is 0.187 e. The van der Waals surface area contributed by atoms with Crippen molar-refractivity contribution in [2.75, 3.05) is 13.2 Å². The zero-order valence-electron chi connectivity index (χ0n) is 31.3. The van der Waals surface area contributed by atoms with Crippen LogP contribution in [0.15, 0.2) is 11.6 Å². The predicted octanol–water partition coefficient (Wildman–Crippen LogP) is 1.50. The van der Waals surface area contributed by atoms with E-state index in [1.54, 1.807) is 0 Å². The van der Waals surface area contributed by atoms with Gasteiger partial charge in [0.2, 0.25) is 0 Å². The van der Waals surface area contributed by atoms with Gasteiger partial charge < -0.3 is 64.2 Å². The monoisotopic (exact) mass is 738 g/mol. The van der Waals surface area contributed by atoms with Crippen LogP contribution in [0.5, 0.6) is 0 Å². The fourth-order valence-electron chi connectivity index (χ4n) is 12.5. The number of allylic oxidation sites excluding steroid dienone is 1. The fraction of sp³-hybridized carbons (Fsp3) is 0.949. The Labute approximate surface area is 306 Å². The van der Waals surface area contributed by atoms with Crippen molar-refractivity contribution >= 4 is 0 Å². The van der Waals surface area contributed by atoms with Crippen LogP contribution in [0.25, 0.3) is 0 Å². The minimum absolute atomic E-state index is 0.0411. The molecule has 0 aromatic heterocycles. The highest BCUT2D eigenvalue weighted by Crippen LogP contribution is 2.72. The first-order chi connectivity index (χ1) is 24.6. The molecular weight excluding hydrogens is 676 g/mol. The molecule has 7 N–H and O–H groups in total. The summed E-state index contributed by atoms with van der Waals surface area (Å²) in [5.74, 6) is 0.929. The van der Waals surface area contributed by atoms with Gasteiger partial charge in [0, 0.05) is 17.8 Å². The van der Waals surface area contributed by atoms with Crippen LogP contribution in [0, 0.1) is 40.4 Å². The van der Waals surface area contributed by atoms with Gasteiger partial charge in [0.25, 0.3) is 0 Å². The van der Waals surface area contributed by atoms with Crippen molar-refractivity contribution in [3.8, 4) is 0 Å². The van der Waals surface area contributed by atoms with E-state index in [2.05, 4.69) is 33.8 Å². The third kappa shape index (κ3) is 5.50. The lowest BCUT2D eigenvalue weighted by Gasteiger charge is -2.60. The Kier molecular flexibility index (Phi) is 9.83. The Morgan fingerprint density at radius 1 is 0.827 bits per heavy atom. The Bertz CT molecular complexity index is 1350. The van der Waals surface area contributed by atoms with Crippen LogP contribution in [0.1, 0.15) is 92.4 Å². The number of rotatable bonds is 5. The van der Waals surface area contributed by atoms with Crippen molar-refractivity contribution in [1.82, 2.24) is 0 Å². The zero-order chi connectivity index (χ0) is 37.1. The van der Waals surface area contributed by atoms with Gasteiger partial charge in [-0.1, -0.05) is 39.3 Å². The van der Waals surface area contributed by atoms with Crippen LogP contribution in [0.4, 0.5) is 0 Å². The quantitative estimate of drug-likeness (QED) is 0.201. The molecule has 13 heteroatoms.